The molecule has 18 heavy (non-hydrogen) atoms. The van der Waals surface area contributed by atoms with Gasteiger partial charge in [0, 0.05) is 17.7 Å². The van der Waals surface area contributed by atoms with Crippen LogP contribution in [0.1, 0.15) is 25.5 Å². The molecule has 1 N–H and O–H groups in total. The fourth-order valence-electron chi connectivity index (χ4n) is 1.85. The summed E-state index contributed by atoms with van der Waals surface area (Å²) in [6, 6.07) is 6.90. The fraction of sp³-hybridized carbons (Fsp3) is 0.538. The summed E-state index contributed by atoms with van der Waals surface area (Å²) >= 11 is 1.82. The zero-order chi connectivity index (χ0) is 13.5. The number of hydrogen-bond acceptors (Lipinski definition) is 4. The van der Waals surface area contributed by atoms with Gasteiger partial charge in [-0.3, -0.25) is 10.1 Å². The van der Waals surface area contributed by atoms with Crippen LogP contribution in [0.3, 0.4) is 0 Å². The van der Waals surface area contributed by atoms with Gasteiger partial charge in [-0.05, 0) is 31.4 Å². The Bertz CT molecular complexity index is 398. The van der Waals surface area contributed by atoms with E-state index >= 15 is 0 Å². The molecular formula is C13H20N2O2S. The van der Waals surface area contributed by atoms with Gasteiger partial charge in [0.05, 0.1) is 4.92 Å². The van der Waals surface area contributed by atoms with Gasteiger partial charge in [0.1, 0.15) is 0 Å². The Balaban J connectivity index is 2.66. The normalized spacial score (nSPS) is 14.2. The molecule has 1 aromatic rings. The molecule has 1 rings (SSSR count). The molecule has 0 radical (unpaired) electrons. The van der Waals surface area contributed by atoms with E-state index in [1.165, 1.54) is 0 Å². The lowest BCUT2D eigenvalue weighted by atomic mass is 10.1. The molecule has 0 aliphatic carbocycles. The molecule has 0 bridgehead atoms. The first-order valence-corrected chi connectivity index (χ1v) is 7.41. The summed E-state index contributed by atoms with van der Waals surface area (Å²) in [7, 11) is 0. The van der Waals surface area contributed by atoms with E-state index in [-0.39, 0.29) is 16.7 Å². The SMILES string of the molecule is CSCC(C)CNC(C)c1ccccc1[N+](=O)[O-]. The molecule has 0 fully saturated rings. The van der Waals surface area contributed by atoms with E-state index < -0.39 is 0 Å². The van der Waals surface area contributed by atoms with Crippen molar-refractivity contribution in [3.8, 4) is 0 Å². The summed E-state index contributed by atoms with van der Waals surface area (Å²) in [5, 5.41) is 14.3. The van der Waals surface area contributed by atoms with Crippen molar-refractivity contribution in [3.05, 3.63) is 39.9 Å². The molecule has 100 valence electrons. The second-order valence-corrected chi connectivity index (χ2v) is 5.42. The lowest BCUT2D eigenvalue weighted by molar-refractivity contribution is -0.385. The monoisotopic (exact) mass is 268 g/mol. The van der Waals surface area contributed by atoms with Gasteiger partial charge >= 0.3 is 0 Å². The summed E-state index contributed by atoms with van der Waals surface area (Å²) in [6.45, 7) is 5.01. The van der Waals surface area contributed by atoms with Crippen LogP contribution in [-0.2, 0) is 0 Å². The van der Waals surface area contributed by atoms with Crippen molar-refractivity contribution in [2.45, 2.75) is 19.9 Å². The number of nitrogens with zero attached hydrogens (tertiary/aromatic N) is 1. The van der Waals surface area contributed by atoms with Crippen LogP contribution in [0, 0.1) is 16.0 Å². The van der Waals surface area contributed by atoms with E-state index in [1.807, 2.05) is 30.8 Å². The Hall–Kier alpha value is -1.07. The summed E-state index contributed by atoms with van der Waals surface area (Å²) in [6.07, 6.45) is 2.09. The van der Waals surface area contributed by atoms with Gasteiger partial charge in [-0.1, -0.05) is 25.1 Å². The van der Waals surface area contributed by atoms with Crippen LogP contribution >= 0.6 is 11.8 Å². The number of nitro groups is 1. The third-order valence-corrected chi connectivity index (χ3v) is 3.73. The summed E-state index contributed by atoms with van der Waals surface area (Å²) in [5.41, 5.74) is 0.939. The third kappa shape index (κ3) is 4.31. The molecule has 0 spiro atoms. The Morgan fingerprint density at radius 1 is 1.39 bits per heavy atom. The molecule has 0 saturated heterocycles. The Morgan fingerprint density at radius 2 is 2.06 bits per heavy atom. The maximum absolute atomic E-state index is 10.9. The van der Waals surface area contributed by atoms with Crippen molar-refractivity contribution in [3.63, 3.8) is 0 Å². The first-order chi connectivity index (χ1) is 8.56. The van der Waals surface area contributed by atoms with E-state index in [4.69, 9.17) is 0 Å². The van der Waals surface area contributed by atoms with Crippen molar-refractivity contribution in [2.24, 2.45) is 5.92 Å². The quantitative estimate of drug-likeness (QED) is 0.609. The Labute approximate surface area is 112 Å². The van der Waals surface area contributed by atoms with Crippen LogP contribution in [0.2, 0.25) is 0 Å². The standard InChI is InChI=1S/C13H20N2O2S/c1-10(9-18-3)8-14-11(2)12-6-4-5-7-13(12)15(16)17/h4-7,10-11,14H,8-9H2,1-3H3. The van der Waals surface area contributed by atoms with Crippen molar-refractivity contribution < 1.29 is 4.92 Å². The summed E-state index contributed by atoms with van der Waals surface area (Å²) < 4.78 is 0. The molecule has 0 heterocycles. The maximum atomic E-state index is 10.9. The van der Waals surface area contributed by atoms with Crippen LogP contribution in [0.25, 0.3) is 0 Å². The van der Waals surface area contributed by atoms with Crippen LogP contribution < -0.4 is 5.32 Å². The fourth-order valence-corrected chi connectivity index (χ4v) is 2.54. The molecular weight excluding hydrogens is 248 g/mol. The molecule has 0 aliphatic rings. The van der Waals surface area contributed by atoms with Gasteiger partial charge in [-0.25, -0.2) is 0 Å². The minimum Gasteiger partial charge on any atom is -0.310 e. The number of para-hydroxylation sites is 1. The lowest BCUT2D eigenvalue weighted by Crippen LogP contribution is -2.26. The molecule has 2 atom stereocenters. The number of benzene rings is 1. The molecule has 1 aromatic carbocycles. The van der Waals surface area contributed by atoms with Crippen LogP contribution in [0.5, 0.6) is 0 Å². The van der Waals surface area contributed by atoms with Gasteiger partial charge in [0.15, 0.2) is 0 Å². The van der Waals surface area contributed by atoms with Crippen molar-refractivity contribution in [2.75, 3.05) is 18.6 Å². The first-order valence-electron chi connectivity index (χ1n) is 6.02. The average molecular weight is 268 g/mol. The summed E-state index contributed by atoms with van der Waals surface area (Å²) in [4.78, 5) is 10.6. The molecule has 2 unspecified atom stereocenters. The van der Waals surface area contributed by atoms with Crippen LogP contribution in [0.15, 0.2) is 24.3 Å². The van der Waals surface area contributed by atoms with E-state index in [1.54, 1.807) is 12.1 Å². The molecule has 0 aromatic heterocycles. The number of nitrogens with one attached hydrogen (secondary N) is 1. The Morgan fingerprint density at radius 3 is 2.67 bits per heavy atom. The predicted octanol–water partition coefficient (Wildman–Crippen LogP) is 3.24. The van der Waals surface area contributed by atoms with Gasteiger partial charge in [0.25, 0.3) is 5.69 Å². The van der Waals surface area contributed by atoms with E-state index in [9.17, 15) is 10.1 Å². The van der Waals surface area contributed by atoms with E-state index in [0.717, 1.165) is 17.9 Å². The van der Waals surface area contributed by atoms with Crippen molar-refractivity contribution >= 4 is 17.4 Å². The van der Waals surface area contributed by atoms with E-state index in [0.29, 0.717) is 5.92 Å². The highest BCUT2D eigenvalue weighted by atomic mass is 32.2. The first kappa shape index (κ1) is 15.0. The van der Waals surface area contributed by atoms with Gasteiger partial charge in [-0.15, -0.1) is 0 Å². The van der Waals surface area contributed by atoms with Crippen LogP contribution in [-0.4, -0.2) is 23.5 Å². The second kappa shape index (κ2) is 7.38. The maximum Gasteiger partial charge on any atom is 0.274 e. The topological polar surface area (TPSA) is 55.2 Å². The number of rotatable bonds is 7. The number of thioether (sulfide) groups is 1. The molecule has 0 aliphatic heterocycles. The highest BCUT2D eigenvalue weighted by molar-refractivity contribution is 7.98. The highest BCUT2D eigenvalue weighted by Gasteiger charge is 2.17. The molecule has 0 saturated carbocycles. The lowest BCUT2D eigenvalue weighted by Gasteiger charge is -2.17. The van der Waals surface area contributed by atoms with Crippen molar-refractivity contribution in [1.29, 1.82) is 0 Å². The number of nitro benzene ring substituents is 1. The zero-order valence-corrected chi connectivity index (χ0v) is 11.9. The smallest absolute Gasteiger partial charge is 0.274 e. The third-order valence-electron chi connectivity index (χ3n) is 2.82. The molecule has 0 amide bonds. The number of hydrogen-bond donors (Lipinski definition) is 1. The zero-order valence-electron chi connectivity index (χ0n) is 11.1. The Kier molecular flexibility index (Phi) is 6.15. The largest absolute Gasteiger partial charge is 0.310 e. The van der Waals surface area contributed by atoms with Crippen molar-refractivity contribution in [1.82, 2.24) is 5.32 Å². The summed E-state index contributed by atoms with van der Waals surface area (Å²) in [5.74, 6) is 1.65. The van der Waals surface area contributed by atoms with E-state index in [2.05, 4.69) is 18.5 Å². The predicted molar refractivity (Wildman–Crippen MR) is 77.1 cm³/mol. The highest BCUT2D eigenvalue weighted by Crippen LogP contribution is 2.24. The second-order valence-electron chi connectivity index (χ2n) is 4.51. The van der Waals surface area contributed by atoms with Crippen LogP contribution in [0.4, 0.5) is 5.69 Å². The minimum absolute atomic E-state index is 0.00379. The molecule has 5 heteroatoms. The minimum atomic E-state index is -0.321. The van der Waals surface area contributed by atoms with Gasteiger partial charge < -0.3 is 5.32 Å². The van der Waals surface area contributed by atoms with Gasteiger partial charge in [-0.2, -0.15) is 11.8 Å². The molecule has 4 nitrogen and oxygen atoms in total. The average Bonchev–Trinajstić information content (AvgIpc) is 2.36. The van der Waals surface area contributed by atoms with Gasteiger partial charge in [0.2, 0.25) is 0 Å².